The van der Waals surface area contributed by atoms with Crippen molar-refractivity contribution < 1.29 is 0 Å². The van der Waals surface area contributed by atoms with Crippen LogP contribution in [0.3, 0.4) is 0 Å². The Morgan fingerprint density at radius 1 is 0.250 bits per heavy atom. The van der Waals surface area contributed by atoms with E-state index in [0.29, 0.717) is 0 Å². The molecule has 0 atom stereocenters. The van der Waals surface area contributed by atoms with E-state index >= 15 is 0 Å². The number of benzene rings is 3. The van der Waals surface area contributed by atoms with Crippen LogP contribution in [0.15, 0.2) is 146 Å². The summed E-state index contributed by atoms with van der Waals surface area (Å²) in [5.74, 6) is 0. The van der Waals surface area contributed by atoms with Gasteiger partial charge >= 0.3 is 0 Å². The van der Waals surface area contributed by atoms with E-state index in [0.717, 1.165) is 17.1 Å². The molecule has 0 aliphatic rings. The molecule has 1 nitrogen and oxygen atoms in total. The van der Waals surface area contributed by atoms with Gasteiger partial charge in [-0.25, -0.2) is 0 Å². The van der Waals surface area contributed by atoms with Crippen LogP contribution in [0.5, 0.6) is 0 Å². The first-order valence-corrected chi connectivity index (χ1v) is 21.9. The quantitative estimate of drug-likeness (QED) is 0.141. The molecule has 0 aliphatic carbocycles. The summed E-state index contributed by atoms with van der Waals surface area (Å²) in [6, 6.07) is 54.0. The van der Waals surface area contributed by atoms with Gasteiger partial charge in [-0.1, -0.05) is 36.4 Å². The van der Waals surface area contributed by atoms with E-state index in [-0.39, 0.29) is 0 Å². The highest BCUT2D eigenvalue weighted by molar-refractivity contribution is 7.25. The maximum atomic E-state index is 2.37. The number of hydrogen-bond acceptors (Lipinski definition) is 7. The average molecular weight is 780 g/mol. The van der Waals surface area contributed by atoms with Crippen molar-refractivity contribution in [3.63, 3.8) is 0 Å². The second kappa shape index (κ2) is 14.2. The molecule has 6 heterocycles. The molecule has 0 bridgehead atoms. The first-order valence-electron chi connectivity index (χ1n) is 17.0. The second-order valence-corrected chi connectivity index (χ2v) is 19.8. The van der Waals surface area contributed by atoms with Gasteiger partial charge in [0.25, 0.3) is 0 Å². The molecule has 0 saturated carbocycles. The van der Waals surface area contributed by atoms with Crippen LogP contribution in [0.1, 0.15) is 14.6 Å². The molecule has 9 aromatic rings. The van der Waals surface area contributed by atoms with Crippen LogP contribution in [-0.4, -0.2) is 0 Å². The molecule has 7 heteroatoms. The molecule has 0 spiro atoms. The molecule has 254 valence electrons. The molecular formula is C45H33NS6. The van der Waals surface area contributed by atoms with E-state index in [9.17, 15) is 0 Å². The van der Waals surface area contributed by atoms with Crippen LogP contribution in [0.4, 0.5) is 17.1 Å². The van der Waals surface area contributed by atoms with Gasteiger partial charge in [-0.2, -0.15) is 0 Å². The lowest BCUT2D eigenvalue weighted by molar-refractivity contribution is 1.28. The van der Waals surface area contributed by atoms with Crippen LogP contribution in [0, 0.1) is 20.8 Å². The Bertz CT molecular complexity index is 2310. The van der Waals surface area contributed by atoms with E-state index in [4.69, 9.17) is 0 Å². The number of thiophene rings is 6. The summed E-state index contributed by atoms with van der Waals surface area (Å²) < 4.78 is 0. The molecule has 0 unspecified atom stereocenters. The Labute approximate surface area is 329 Å². The minimum absolute atomic E-state index is 1.13. The van der Waals surface area contributed by atoms with Crippen molar-refractivity contribution >= 4 is 85.1 Å². The average Bonchev–Trinajstić information content (AvgIpc) is 4.01. The lowest BCUT2D eigenvalue weighted by Crippen LogP contribution is -2.09. The van der Waals surface area contributed by atoms with Crippen LogP contribution in [-0.2, 0) is 0 Å². The van der Waals surface area contributed by atoms with E-state index in [1.165, 1.54) is 75.2 Å². The first-order chi connectivity index (χ1) is 25.4. The molecule has 0 amide bonds. The van der Waals surface area contributed by atoms with E-state index in [2.05, 4.69) is 171 Å². The normalized spacial score (nSPS) is 11.4. The minimum Gasteiger partial charge on any atom is -0.311 e. The van der Waals surface area contributed by atoms with Gasteiger partial charge in [-0.3, -0.25) is 0 Å². The number of aryl methyl sites for hydroxylation is 3. The zero-order valence-electron chi connectivity index (χ0n) is 28.8. The summed E-state index contributed by atoms with van der Waals surface area (Å²) in [6.07, 6.45) is 0. The van der Waals surface area contributed by atoms with Gasteiger partial charge in [-0.15, -0.1) is 68.0 Å². The number of rotatable bonds is 9. The third kappa shape index (κ3) is 6.81. The summed E-state index contributed by atoms with van der Waals surface area (Å²) in [5.41, 5.74) is 7.11. The summed E-state index contributed by atoms with van der Waals surface area (Å²) in [5, 5.41) is 0. The topological polar surface area (TPSA) is 3.24 Å². The third-order valence-electron chi connectivity index (χ3n) is 9.00. The maximum Gasteiger partial charge on any atom is 0.0462 e. The third-order valence-corrected chi connectivity index (χ3v) is 16.0. The molecule has 0 fully saturated rings. The van der Waals surface area contributed by atoms with Crippen molar-refractivity contribution in [2.45, 2.75) is 20.8 Å². The molecule has 3 aromatic carbocycles. The van der Waals surface area contributed by atoms with Crippen molar-refractivity contribution in [1.29, 1.82) is 0 Å². The number of anilines is 3. The van der Waals surface area contributed by atoms with Crippen molar-refractivity contribution in [1.82, 2.24) is 0 Å². The standard InChI is InChI=1S/C45H33NS6/c1-28-4-19-40(47-28)43-25-22-37(50-43)31-7-13-34(14-8-31)46(35-15-9-32(10-16-35)38-23-26-44(51-38)41-20-5-29(2)48-41)36-17-11-33(12-18-36)39-24-27-45(52-39)42-21-6-30(3)49-42/h4-27H,1-3H3. The predicted octanol–water partition coefficient (Wildman–Crippen LogP) is 16.5. The van der Waals surface area contributed by atoms with Crippen LogP contribution in [0.25, 0.3) is 60.6 Å². The Morgan fingerprint density at radius 3 is 0.731 bits per heavy atom. The Balaban J connectivity index is 1.03. The highest BCUT2D eigenvalue weighted by atomic mass is 32.1. The number of hydrogen-bond donors (Lipinski definition) is 0. The fraction of sp³-hybridized carbons (Fsp3) is 0.0667. The second-order valence-electron chi connectivity index (χ2n) is 12.7. The summed E-state index contributed by atoms with van der Waals surface area (Å²) in [7, 11) is 0. The zero-order valence-corrected chi connectivity index (χ0v) is 33.7. The molecule has 6 aromatic heterocycles. The Morgan fingerprint density at radius 2 is 0.481 bits per heavy atom. The Hall–Kier alpha value is -4.34. The highest BCUT2D eigenvalue weighted by Crippen LogP contribution is 2.43. The predicted molar refractivity (Wildman–Crippen MR) is 235 cm³/mol. The van der Waals surface area contributed by atoms with Gasteiger partial charge in [0.1, 0.15) is 0 Å². The summed E-state index contributed by atoms with van der Waals surface area (Å²) in [6.45, 7) is 6.51. The van der Waals surface area contributed by atoms with E-state index in [1.807, 2.05) is 68.0 Å². The highest BCUT2D eigenvalue weighted by Gasteiger charge is 2.16. The fourth-order valence-electron chi connectivity index (χ4n) is 6.35. The monoisotopic (exact) mass is 779 g/mol. The molecule has 52 heavy (non-hydrogen) atoms. The van der Waals surface area contributed by atoms with Crippen molar-refractivity contribution in [3.05, 3.63) is 160 Å². The molecule has 0 aliphatic heterocycles. The van der Waals surface area contributed by atoms with Gasteiger partial charge in [0.15, 0.2) is 0 Å². The van der Waals surface area contributed by atoms with E-state index in [1.54, 1.807) is 0 Å². The van der Waals surface area contributed by atoms with Gasteiger partial charge in [0.05, 0.1) is 0 Å². The molecule has 0 N–H and O–H groups in total. The number of nitrogens with zero attached hydrogens (tertiary/aromatic N) is 1. The van der Waals surface area contributed by atoms with Crippen molar-refractivity contribution in [2.24, 2.45) is 0 Å². The van der Waals surface area contributed by atoms with Crippen LogP contribution in [0.2, 0.25) is 0 Å². The van der Waals surface area contributed by atoms with Crippen LogP contribution < -0.4 is 4.90 Å². The molecule has 0 radical (unpaired) electrons. The lowest BCUT2D eigenvalue weighted by atomic mass is 10.1. The molecule has 9 rings (SSSR count). The van der Waals surface area contributed by atoms with Crippen molar-refractivity contribution in [3.8, 4) is 60.6 Å². The lowest BCUT2D eigenvalue weighted by Gasteiger charge is -2.26. The SMILES string of the molecule is Cc1ccc(-c2ccc(-c3ccc(N(c4ccc(-c5ccc(-c6ccc(C)s6)s5)cc4)c4ccc(-c5ccc(-c6ccc(C)s6)s5)cc4)cc3)s2)s1. The first kappa shape index (κ1) is 33.5. The smallest absolute Gasteiger partial charge is 0.0462 e. The summed E-state index contributed by atoms with van der Waals surface area (Å²) >= 11 is 11.2. The summed E-state index contributed by atoms with van der Waals surface area (Å²) in [4.78, 5) is 18.2. The van der Waals surface area contributed by atoms with Gasteiger partial charge in [0, 0.05) is 75.6 Å². The van der Waals surface area contributed by atoms with Crippen molar-refractivity contribution in [2.75, 3.05) is 4.90 Å². The molecular weight excluding hydrogens is 747 g/mol. The van der Waals surface area contributed by atoms with Gasteiger partial charge < -0.3 is 4.90 Å². The van der Waals surface area contributed by atoms with E-state index < -0.39 is 0 Å². The maximum absolute atomic E-state index is 2.37. The minimum atomic E-state index is 1.13. The zero-order chi connectivity index (χ0) is 35.2. The molecule has 0 saturated heterocycles. The Kier molecular flexibility index (Phi) is 9.17. The fourth-order valence-corrected chi connectivity index (χ4v) is 12.3. The van der Waals surface area contributed by atoms with Crippen LogP contribution >= 0.6 is 68.0 Å². The van der Waals surface area contributed by atoms with Gasteiger partial charge in [0.2, 0.25) is 0 Å². The largest absolute Gasteiger partial charge is 0.311 e. The van der Waals surface area contributed by atoms with Gasteiger partial charge in [-0.05, 0) is 147 Å².